The largest absolute Gasteiger partial charge is 0.363 e. The number of Topliss-reactive ketones (excluding diaryl/α,β-unsaturated/α-hetero) is 1. The number of ether oxygens (including phenoxy) is 1. The minimum absolute atomic E-state index is 0.0381. The molecule has 2 aromatic rings. The molecule has 5 N–H and O–H groups in total. The summed E-state index contributed by atoms with van der Waals surface area (Å²) in [5, 5.41) is 14.7. The number of likely N-dealkylation sites (N-methyl/N-ethyl adjacent to an activating group) is 2. The Morgan fingerprint density at radius 2 is 1.28 bits per heavy atom. The van der Waals surface area contributed by atoms with Crippen LogP contribution in [0, 0.1) is 23.7 Å². The first-order chi connectivity index (χ1) is 31.4. The van der Waals surface area contributed by atoms with Crippen LogP contribution in [0.4, 0.5) is 0 Å². The standard InChI is InChI=1S/C51H67N7O7/c1-33(52-4)47(60)55-42(50(63)58-30-17-28-44(58)49(62)54-41-26-15-21-37-19-10-12-24-40(37)41)25-8-6-7-13-31-65-35(3)46(56-48(61)34(2)53-5)51(64)57-29-16-27-43(57)45(59)32-38-22-14-20-36-18-9-11-23-39(36)38/h9-12,18-19,23-24,33-35,38,41-44,46,52-53H,14-17,20-22,25-32H2,1-5H3,(H,54,62)(H,55,60)(H,56,61)/t33-,34-,35+,38-,41+,42-,43-,44-,46-/m0/s1. The Bertz CT molecular complexity index is 2170. The van der Waals surface area contributed by atoms with Crippen molar-refractivity contribution in [1.82, 2.24) is 36.4 Å². The van der Waals surface area contributed by atoms with Crippen LogP contribution in [0.3, 0.4) is 0 Å². The van der Waals surface area contributed by atoms with E-state index in [1.165, 1.54) is 16.7 Å². The van der Waals surface area contributed by atoms with Crippen molar-refractivity contribution in [2.45, 2.75) is 152 Å². The molecule has 6 rings (SSSR count). The summed E-state index contributed by atoms with van der Waals surface area (Å²) in [7, 11) is 3.31. The molecule has 2 saturated heterocycles. The molecule has 14 heteroatoms. The van der Waals surface area contributed by atoms with E-state index in [2.05, 4.69) is 74.5 Å². The molecule has 2 aromatic carbocycles. The highest BCUT2D eigenvalue weighted by molar-refractivity contribution is 5.95. The molecule has 0 unspecified atom stereocenters. The zero-order valence-electron chi connectivity index (χ0n) is 38.7. The molecule has 0 spiro atoms. The molecule has 348 valence electrons. The second-order valence-corrected chi connectivity index (χ2v) is 17.9. The Hall–Kier alpha value is -5.54. The van der Waals surface area contributed by atoms with Crippen LogP contribution in [-0.2, 0) is 46.3 Å². The van der Waals surface area contributed by atoms with Crippen molar-refractivity contribution in [3.05, 3.63) is 70.8 Å². The molecule has 2 aliphatic carbocycles. The van der Waals surface area contributed by atoms with Gasteiger partial charge in [-0.15, -0.1) is 0 Å². The van der Waals surface area contributed by atoms with Crippen LogP contribution in [0.5, 0.6) is 0 Å². The molecule has 2 fully saturated rings. The van der Waals surface area contributed by atoms with E-state index in [0.717, 1.165) is 44.1 Å². The Labute approximate surface area is 384 Å². The summed E-state index contributed by atoms with van der Waals surface area (Å²) < 4.78 is 6.02. The third kappa shape index (κ3) is 12.4. The minimum atomic E-state index is -1.07. The minimum Gasteiger partial charge on any atom is -0.363 e. The van der Waals surface area contributed by atoms with Crippen molar-refractivity contribution in [3.8, 4) is 23.7 Å². The summed E-state index contributed by atoms with van der Waals surface area (Å²) in [5.41, 5.74) is 4.85. The number of amides is 5. The van der Waals surface area contributed by atoms with E-state index < -0.39 is 42.4 Å². The highest BCUT2D eigenvalue weighted by Crippen LogP contribution is 2.36. The number of aryl methyl sites for hydroxylation is 2. The number of benzene rings is 2. The van der Waals surface area contributed by atoms with Crippen molar-refractivity contribution in [2.75, 3.05) is 33.8 Å². The topological polar surface area (TPSA) is 178 Å². The van der Waals surface area contributed by atoms with E-state index in [-0.39, 0.29) is 60.3 Å². The van der Waals surface area contributed by atoms with Crippen molar-refractivity contribution < 1.29 is 33.5 Å². The first kappa shape index (κ1) is 48.9. The van der Waals surface area contributed by atoms with Crippen molar-refractivity contribution >= 4 is 35.3 Å². The summed E-state index contributed by atoms with van der Waals surface area (Å²) in [6.45, 7) is 5.75. The lowest BCUT2D eigenvalue weighted by molar-refractivity contribution is -0.144. The average Bonchev–Trinajstić information content (AvgIpc) is 4.03. The smallest absolute Gasteiger partial charge is 0.248 e. The molecule has 65 heavy (non-hydrogen) atoms. The Kier molecular flexibility index (Phi) is 17.7. The number of carbonyl (C=O) groups excluding carboxylic acids is 6. The van der Waals surface area contributed by atoms with Gasteiger partial charge in [-0.25, -0.2) is 0 Å². The van der Waals surface area contributed by atoms with Gasteiger partial charge < -0.3 is 41.1 Å². The molecule has 14 nitrogen and oxygen atoms in total. The van der Waals surface area contributed by atoms with Gasteiger partial charge in [-0.1, -0.05) is 60.4 Å². The van der Waals surface area contributed by atoms with E-state index in [0.29, 0.717) is 45.2 Å². The highest BCUT2D eigenvalue weighted by Gasteiger charge is 2.42. The fraction of sp³-hybridized carbons (Fsp3) is 0.569. The summed E-state index contributed by atoms with van der Waals surface area (Å²) in [5.74, 6) is 9.72. The number of hydrogen-bond acceptors (Lipinski definition) is 9. The van der Waals surface area contributed by atoms with Crippen LogP contribution in [0.1, 0.15) is 119 Å². The SMILES string of the molecule is CN[C@@H](C)C(=O)N[C@@H](CC#CC#CCO[C@H](C)[C@H](NC(=O)[C@H](C)NC)C(=O)N1CCC[C@H]1C(=O)C[C@@H]1CCCc2ccccc21)C(=O)N1CCC[C@H]1C(=O)N[C@@H]1CCCc2ccccc21. The number of fused-ring (bicyclic) bond motifs is 2. The third-order valence-corrected chi connectivity index (χ3v) is 13.6. The van der Waals surface area contributed by atoms with E-state index in [4.69, 9.17) is 4.74 Å². The second-order valence-electron chi connectivity index (χ2n) is 17.9. The zero-order chi connectivity index (χ0) is 46.5. The lowest BCUT2D eigenvalue weighted by Crippen LogP contribution is -2.58. The second kappa shape index (κ2) is 23.6. The molecular weight excluding hydrogens is 823 g/mol. The van der Waals surface area contributed by atoms with Gasteiger partial charge in [0.1, 0.15) is 24.7 Å². The fourth-order valence-electron chi connectivity index (χ4n) is 9.63. The van der Waals surface area contributed by atoms with Crippen LogP contribution in [0.25, 0.3) is 0 Å². The summed E-state index contributed by atoms with van der Waals surface area (Å²) >= 11 is 0. The monoisotopic (exact) mass is 890 g/mol. The molecule has 9 atom stereocenters. The number of nitrogens with one attached hydrogen (secondary N) is 5. The van der Waals surface area contributed by atoms with Crippen molar-refractivity contribution in [3.63, 3.8) is 0 Å². The van der Waals surface area contributed by atoms with Gasteiger partial charge in [-0.3, -0.25) is 28.8 Å². The Balaban J connectivity index is 1.08. The van der Waals surface area contributed by atoms with Gasteiger partial charge in [0.25, 0.3) is 0 Å². The first-order valence-corrected chi connectivity index (χ1v) is 23.5. The zero-order valence-corrected chi connectivity index (χ0v) is 38.7. The van der Waals surface area contributed by atoms with E-state index >= 15 is 0 Å². The Morgan fingerprint density at radius 1 is 0.692 bits per heavy atom. The normalized spacial score (nSPS) is 22.2. The van der Waals surface area contributed by atoms with Gasteiger partial charge in [0.05, 0.1) is 30.3 Å². The van der Waals surface area contributed by atoms with Gasteiger partial charge >= 0.3 is 0 Å². The molecule has 0 bridgehead atoms. The summed E-state index contributed by atoms with van der Waals surface area (Å²) in [6.07, 6.45) is 7.68. The lowest BCUT2D eigenvalue weighted by Gasteiger charge is -2.33. The molecule has 4 aliphatic rings. The highest BCUT2D eigenvalue weighted by atomic mass is 16.5. The van der Waals surface area contributed by atoms with Crippen LogP contribution in [-0.4, -0.2) is 121 Å². The van der Waals surface area contributed by atoms with Crippen LogP contribution in [0.2, 0.25) is 0 Å². The molecule has 2 heterocycles. The molecule has 0 radical (unpaired) electrons. The van der Waals surface area contributed by atoms with Gasteiger partial charge in [0.2, 0.25) is 29.5 Å². The molecule has 0 aromatic heterocycles. The van der Waals surface area contributed by atoms with Gasteiger partial charge in [-0.2, -0.15) is 0 Å². The van der Waals surface area contributed by atoms with E-state index in [1.807, 2.05) is 24.3 Å². The van der Waals surface area contributed by atoms with Gasteiger partial charge in [0, 0.05) is 25.9 Å². The van der Waals surface area contributed by atoms with E-state index in [1.54, 1.807) is 44.7 Å². The van der Waals surface area contributed by atoms with Crippen LogP contribution < -0.4 is 26.6 Å². The fourth-order valence-corrected chi connectivity index (χ4v) is 9.63. The summed E-state index contributed by atoms with van der Waals surface area (Å²) in [4.78, 5) is 85.3. The first-order valence-electron chi connectivity index (χ1n) is 23.5. The molecule has 2 aliphatic heterocycles. The predicted octanol–water partition coefficient (Wildman–Crippen LogP) is 3.23. The number of likely N-dealkylation sites (tertiary alicyclic amines) is 2. The number of carbonyl (C=O) groups is 6. The van der Waals surface area contributed by atoms with Crippen molar-refractivity contribution in [1.29, 1.82) is 0 Å². The quantitative estimate of drug-likeness (QED) is 0.149. The van der Waals surface area contributed by atoms with Crippen molar-refractivity contribution in [2.24, 2.45) is 0 Å². The van der Waals surface area contributed by atoms with Gasteiger partial charge in [-0.05, 0) is 139 Å². The average molecular weight is 890 g/mol. The van der Waals surface area contributed by atoms with Crippen LogP contribution >= 0.6 is 0 Å². The predicted molar refractivity (Wildman–Crippen MR) is 248 cm³/mol. The third-order valence-electron chi connectivity index (χ3n) is 13.6. The number of hydrogen-bond donors (Lipinski definition) is 5. The molecular formula is C51H67N7O7. The van der Waals surface area contributed by atoms with Gasteiger partial charge in [0.15, 0.2) is 5.78 Å². The Morgan fingerprint density at radius 3 is 1.97 bits per heavy atom. The molecule has 0 saturated carbocycles. The number of nitrogens with zero attached hydrogens (tertiary/aromatic N) is 2. The maximum absolute atomic E-state index is 14.3. The van der Waals surface area contributed by atoms with Crippen LogP contribution in [0.15, 0.2) is 48.5 Å². The number of rotatable bonds is 17. The number of ketones is 1. The maximum Gasteiger partial charge on any atom is 0.248 e. The van der Waals surface area contributed by atoms with E-state index in [9.17, 15) is 28.8 Å². The lowest BCUT2D eigenvalue weighted by atomic mass is 9.79. The maximum atomic E-state index is 14.3. The summed E-state index contributed by atoms with van der Waals surface area (Å²) in [6, 6.07) is 11.8. The molecule has 5 amide bonds.